The second-order valence-corrected chi connectivity index (χ2v) is 5.71. The van der Waals surface area contributed by atoms with E-state index in [1.54, 1.807) is 6.19 Å². The third-order valence-electron chi connectivity index (χ3n) is 4.15. The van der Waals surface area contributed by atoms with E-state index in [4.69, 9.17) is 15.7 Å². The summed E-state index contributed by atoms with van der Waals surface area (Å²) in [5.74, 6) is 0.255. The Morgan fingerprint density at radius 3 is 2.71 bits per heavy atom. The minimum atomic E-state index is -0.100. The van der Waals surface area contributed by atoms with E-state index in [0.717, 1.165) is 23.1 Å². The Morgan fingerprint density at radius 1 is 1.17 bits per heavy atom. The molecule has 0 spiro atoms. The molecule has 1 aliphatic heterocycles. The fourth-order valence-electron chi connectivity index (χ4n) is 2.99. The molecule has 2 aromatic carbocycles. The lowest BCUT2D eigenvalue weighted by molar-refractivity contribution is 0.0776. The predicted molar refractivity (Wildman–Crippen MR) is 92.9 cm³/mol. The third-order valence-corrected chi connectivity index (χ3v) is 4.15. The van der Waals surface area contributed by atoms with Crippen molar-refractivity contribution >= 4 is 5.96 Å². The Morgan fingerprint density at radius 2 is 1.92 bits per heavy atom. The van der Waals surface area contributed by atoms with Crippen molar-refractivity contribution in [1.82, 2.24) is 4.90 Å². The number of ether oxygens (including phenoxy) is 1. The van der Waals surface area contributed by atoms with E-state index in [1.165, 1.54) is 0 Å². The molecule has 0 saturated heterocycles. The van der Waals surface area contributed by atoms with Crippen LogP contribution in [0.5, 0.6) is 0 Å². The molecule has 0 saturated carbocycles. The van der Waals surface area contributed by atoms with Crippen LogP contribution >= 0.6 is 0 Å². The van der Waals surface area contributed by atoms with Gasteiger partial charge < -0.3 is 15.4 Å². The third kappa shape index (κ3) is 3.55. The highest BCUT2D eigenvalue weighted by atomic mass is 16.5. The normalized spacial score (nSPS) is 18.7. The van der Waals surface area contributed by atoms with Crippen LogP contribution in [0, 0.1) is 11.5 Å². The van der Waals surface area contributed by atoms with E-state index < -0.39 is 0 Å². The molecule has 3 rings (SSSR count). The number of guanidine groups is 1. The van der Waals surface area contributed by atoms with Gasteiger partial charge in [0.15, 0.2) is 0 Å². The molecule has 5 nitrogen and oxygen atoms in total. The molecule has 1 heterocycles. The van der Waals surface area contributed by atoms with E-state index in [0.29, 0.717) is 19.7 Å². The van der Waals surface area contributed by atoms with Gasteiger partial charge in [-0.15, -0.1) is 4.99 Å². The molecule has 1 atom stereocenters. The molecule has 0 amide bonds. The van der Waals surface area contributed by atoms with Gasteiger partial charge in [0.2, 0.25) is 12.2 Å². The summed E-state index contributed by atoms with van der Waals surface area (Å²) in [5, 5.41) is 8.77. The van der Waals surface area contributed by atoms with Crippen molar-refractivity contribution in [3.63, 3.8) is 0 Å². The number of hydrogen-bond donors (Lipinski definition) is 1. The minimum Gasteiger partial charge on any atom is -0.369 e. The summed E-state index contributed by atoms with van der Waals surface area (Å²) in [6, 6.07) is 18.4. The summed E-state index contributed by atoms with van der Waals surface area (Å²) in [5.41, 5.74) is 9.34. The molecule has 0 radical (unpaired) electrons. The van der Waals surface area contributed by atoms with Crippen LogP contribution in [0.2, 0.25) is 0 Å². The monoisotopic (exact) mass is 320 g/mol. The lowest BCUT2D eigenvalue weighted by atomic mass is 9.96. The lowest BCUT2D eigenvalue weighted by Crippen LogP contribution is -2.37. The standard InChI is InChI=1S/C19H20N4O/c20-14-22-19(21)23-11-6-12-24-18(15-7-2-1-3-8-15)17-10-5-4-9-16(17)13-23/h1-5,7-10,18H,6,11-13H2,(H2,21,22). The lowest BCUT2D eigenvalue weighted by Gasteiger charge is -2.24. The van der Waals surface area contributed by atoms with Crippen LogP contribution in [0.1, 0.15) is 29.2 Å². The highest BCUT2D eigenvalue weighted by Crippen LogP contribution is 2.30. The second kappa shape index (κ2) is 7.62. The smallest absolute Gasteiger partial charge is 0.209 e. The zero-order chi connectivity index (χ0) is 16.8. The van der Waals surface area contributed by atoms with Crippen LogP contribution in [0.4, 0.5) is 0 Å². The van der Waals surface area contributed by atoms with E-state index in [1.807, 2.05) is 35.2 Å². The predicted octanol–water partition coefficient (Wildman–Crippen LogP) is 2.79. The van der Waals surface area contributed by atoms with Crippen molar-refractivity contribution in [3.05, 3.63) is 71.3 Å². The van der Waals surface area contributed by atoms with E-state index in [2.05, 4.69) is 29.3 Å². The van der Waals surface area contributed by atoms with E-state index >= 15 is 0 Å². The molecule has 24 heavy (non-hydrogen) atoms. The maximum Gasteiger partial charge on any atom is 0.209 e. The number of nitrogens with two attached hydrogens (primary N) is 1. The number of fused-ring (bicyclic) bond motifs is 1. The summed E-state index contributed by atoms with van der Waals surface area (Å²) >= 11 is 0. The first-order valence-corrected chi connectivity index (χ1v) is 8.01. The molecular weight excluding hydrogens is 300 g/mol. The topological polar surface area (TPSA) is 74.6 Å². The second-order valence-electron chi connectivity index (χ2n) is 5.71. The quantitative estimate of drug-likeness (QED) is 0.498. The fraction of sp³-hybridized carbons (Fsp3) is 0.263. The maximum absolute atomic E-state index is 8.77. The zero-order valence-electron chi connectivity index (χ0n) is 13.4. The highest BCUT2D eigenvalue weighted by molar-refractivity contribution is 5.79. The van der Waals surface area contributed by atoms with Crippen molar-refractivity contribution in [2.24, 2.45) is 10.7 Å². The Labute approximate surface area is 142 Å². The molecular formula is C19H20N4O. The number of benzene rings is 2. The maximum atomic E-state index is 8.77. The molecule has 5 heteroatoms. The molecule has 122 valence electrons. The molecule has 2 N–H and O–H groups in total. The Kier molecular flexibility index (Phi) is 5.09. The first-order valence-electron chi connectivity index (χ1n) is 8.01. The SMILES string of the molecule is N#CN=C(N)N1CCCOC(c2ccccc2)c2ccccc2C1. The molecule has 2 aromatic rings. The molecule has 0 aromatic heterocycles. The first-order chi connectivity index (χ1) is 11.8. The molecule has 0 aliphatic carbocycles. The molecule has 1 unspecified atom stereocenters. The fourth-order valence-corrected chi connectivity index (χ4v) is 2.99. The van der Waals surface area contributed by atoms with Crippen molar-refractivity contribution < 1.29 is 4.74 Å². The first kappa shape index (κ1) is 16.0. The van der Waals surface area contributed by atoms with Crippen LogP contribution in [0.15, 0.2) is 59.6 Å². The number of aliphatic imine (C=N–C) groups is 1. The van der Waals surface area contributed by atoms with Crippen molar-refractivity contribution in [3.8, 4) is 6.19 Å². The minimum absolute atomic E-state index is 0.100. The van der Waals surface area contributed by atoms with E-state index in [9.17, 15) is 0 Å². The number of nitrogens with zero attached hydrogens (tertiary/aromatic N) is 3. The molecule has 0 bridgehead atoms. The van der Waals surface area contributed by atoms with Gasteiger partial charge in [-0.3, -0.25) is 0 Å². The largest absolute Gasteiger partial charge is 0.369 e. The Balaban J connectivity index is 1.99. The molecule has 1 aliphatic rings. The average molecular weight is 320 g/mol. The zero-order valence-corrected chi connectivity index (χ0v) is 13.4. The van der Waals surface area contributed by atoms with Gasteiger partial charge in [-0.25, -0.2) is 0 Å². The average Bonchev–Trinajstić information content (AvgIpc) is 2.71. The van der Waals surface area contributed by atoms with Gasteiger partial charge in [0, 0.05) is 19.7 Å². The van der Waals surface area contributed by atoms with Crippen molar-refractivity contribution in [2.75, 3.05) is 13.2 Å². The van der Waals surface area contributed by atoms with Crippen LogP contribution in [-0.2, 0) is 11.3 Å². The summed E-state index contributed by atoms with van der Waals surface area (Å²) in [4.78, 5) is 5.62. The van der Waals surface area contributed by atoms with Crippen molar-refractivity contribution in [1.29, 1.82) is 5.26 Å². The van der Waals surface area contributed by atoms with Gasteiger partial charge in [0.1, 0.15) is 6.10 Å². The van der Waals surface area contributed by atoms with Gasteiger partial charge in [-0.1, -0.05) is 54.6 Å². The summed E-state index contributed by atoms with van der Waals surface area (Å²) in [6.07, 6.45) is 2.48. The molecule has 0 fully saturated rings. The number of nitriles is 1. The van der Waals surface area contributed by atoms with Gasteiger partial charge in [-0.05, 0) is 23.1 Å². The van der Waals surface area contributed by atoms with Crippen LogP contribution < -0.4 is 5.73 Å². The van der Waals surface area contributed by atoms with Gasteiger partial charge in [-0.2, -0.15) is 5.26 Å². The Bertz CT molecular complexity index is 751. The van der Waals surface area contributed by atoms with Crippen molar-refractivity contribution in [2.45, 2.75) is 19.1 Å². The van der Waals surface area contributed by atoms with Crippen LogP contribution in [0.3, 0.4) is 0 Å². The van der Waals surface area contributed by atoms with Gasteiger partial charge >= 0.3 is 0 Å². The number of rotatable bonds is 1. The summed E-state index contributed by atoms with van der Waals surface area (Å²) in [7, 11) is 0. The van der Waals surface area contributed by atoms with Gasteiger partial charge in [0.25, 0.3) is 0 Å². The number of hydrogen-bond acceptors (Lipinski definition) is 3. The van der Waals surface area contributed by atoms with E-state index in [-0.39, 0.29) is 12.1 Å². The van der Waals surface area contributed by atoms with Crippen LogP contribution in [0.25, 0.3) is 0 Å². The summed E-state index contributed by atoms with van der Waals surface area (Å²) < 4.78 is 6.19. The van der Waals surface area contributed by atoms with Gasteiger partial charge in [0.05, 0.1) is 0 Å². The highest BCUT2D eigenvalue weighted by Gasteiger charge is 2.21. The summed E-state index contributed by atoms with van der Waals surface area (Å²) in [6.45, 7) is 1.93. The Hall–Kier alpha value is -2.84. The van der Waals surface area contributed by atoms with Crippen LogP contribution in [-0.4, -0.2) is 24.0 Å².